The van der Waals surface area contributed by atoms with Gasteiger partial charge in [-0.05, 0) is 0 Å². The molecular formula is C30H56O5STi. The van der Waals surface area contributed by atoms with Crippen molar-refractivity contribution < 1.29 is 33.9 Å². The summed E-state index contributed by atoms with van der Waals surface area (Å²) in [5, 5.41) is 0. The second-order valence-electron chi connectivity index (χ2n) is 10.9. The summed E-state index contributed by atoms with van der Waals surface area (Å²) in [5.74, 6) is 0. The van der Waals surface area contributed by atoms with Crippen molar-refractivity contribution in [3.63, 3.8) is 0 Å². The van der Waals surface area contributed by atoms with Crippen LogP contribution in [0.1, 0.15) is 136 Å². The van der Waals surface area contributed by atoms with Crippen LogP contribution in [0.2, 0.25) is 9.45 Å². The molecule has 0 aromatic heterocycles. The van der Waals surface area contributed by atoms with Crippen molar-refractivity contribution in [3.05, 3.63) is 29.8 Å². The molecule has 7 heteroatoms. The van der Waals surface area contributed by atoms with E-state index in [0.29, 0.717) is 19.3 Å². The van der Waals surface area contributed by atoms with Crippen molar-refractivity contribution in [2.75, 3.05) is 6.61 Å². The van der Waals surface area contributed by atoms with Gasteiger partial charge in [0.05, 0.1) is 0 Å². The predicted octanol–water partition coefficient (Wildman–Crippen LogP) is 9.97. The molecule has 0 fully saturated rings. The van der Waals surface area contributed by atoms with E-state index in [9.17, 15) is 11.7 Å². The Morgan fingerprint density at radius 2 is 1.14 bits per heavy atom. The van der Waals surface area contributed by atoms with Crippen molar-refractivity contribution in [1.82, 2.24) is 0 Å². The Kier molecular flexibility index (Phi) is 17.6. The van der Waals surface area contributed by atoms with E-state index < -0.39 is 26.2 Å². The van der Waals surface area contributed by atoms with E-state index in [1.165, 1.54) is 51.4 Å². The second-order valence-corrected chi connectivity index (χ2v) is 19.4. The average Bonchev–Trinajstić information content (AvgIpc) is 2.88. The Labute approximate surface area is 230 Å². The van der Waals surface area contributed by atoms with Crippen molar-refractivity contribution in [3.8, 4) is 0 Å². The Morgan fingerprint density at radius 1 is 0.649 bits per heavy atom. The molecule has 1 aromatic rings. The quantitative estimate of drug-likeness (QED) is 0.0905. The Hall–Kier alpha value is -0.396. The van der Waals surface area contributed by atoms with Gasteiger partial charge in [0.15, 0.2) is 0 Å². The van der Waals surface area contributed by atoms with Gasteiger partial charge in [-0.2, -0.15) is 0 Å². The van der Waals surface area contributed by atoms with Crippen LogP contribution in [0.4, 0.5) is 0 Å². The fourth-order valence-electron chi connectivity index (χ4n) is 4.90. The summed E-state index contributed by atoms with van der Waals surface area (Å²) < 4.78 is 54.3. The summed E-state index contributed by atoms with van der Waals surface area (Å²) in [6, 6.07) is 7.07. The third kappa shape index (κ3) is 13.5. The van der Waals surface area contributed by atoms with Gasteiger partial charge in [0.2, 0.25) is 0 Å². The van der Waals surface area contributed by atoms with Gasteiger partial charge in [0.1, 0.15) is 0 Å². The normalized spacial score (nSPS) is 12.8. The third-order valence-corrected chi connectivity index (χ3v) is 17.0. The van der Waals surface area contributed by atoms with Gasteiger partial charge in [0.25, 0.3) is 0 Å². The summed E-state index contributed by atoms with van der Waals surface area (Å²) in [5.41, 5.74) is 0.752. The molecule has 1 aromatic carbocycles. The maximum absolute atomic E-state index is 14.6. The van der Waals surface area contributed by atoms with E-state index in [2.05, 4.69) is 6.92 Å². The topological polar surface area (TPSA) is 69.7 Å². The van der Waals surface area contributed by atoms with E-state index >= 15 is 0 Å². The van der Waals surface area contributed by atoms with E-state index in [-0.39, 0.29) is 21.0 Å². The summed E-state index contributed by atoms with van der Waals surface area (Å²) in [4.78, 5) is 0.157. The van der Waals surface area contributed by atoms with Crippen LogP contribution < -0.4 is 0 Å². The number of aryl methyl sites for hydroxylation is 1. The van der Waals surface area contributed by atoms with Gasteiger partial charge < -0.3 is 0 Å². The van der Waals surface area contributed by atoms with Gasteiger partial charge in [0, 0.05) is 0 Å². The van der Waals surface area contributed by atoms with Crippen LogP contribution in [0, 0.1) is 0 Å². The summed E-state index contributed by atoms with van der Waals surface area (Å²) >= 11 is -5.48. The molecule has 0 radical (unpaired) electrons. The zero-order valence-electron chi connectivity index (χ0n) is 24.4. The Bertz CT molecular complexity index is 885. The molecule has 0 heterocycles. The summed E-state index contributed by atoms with van der Waals surface area (Å²) in [6.45, 7) is 8.59. The zero-order chi connectivity index (χ0) is 27.5. The molecule has 5 nitrogen and oxygen atoms in total. The van der Waals surface area contributed by atoms with Crippen LogP contribution >= 0.6 is 0 Å². The first-order valence-electron chi connectivity index (χ1n) is 15.3. The van der Waals surface area contributed by atoms with Crippen molar-refractivity contribution >= 4 is 10.1 Å². The molecule has 37 heavy (non-hydrogen) atoms. The van der Waals surface area contributed by atoms with Crippen LogP contribution in [0.5, 0.6) is 0 Å². The Morgan fingerprint density at radius 3 is 1.68 bits per heavy atom. The van der Waals surface area contributed by atoms with Gasteiger partial charge in [-0.15, -0.1) is 0 Å². The average molecular weight is 577 g/mol. The Balaban J connectivity index is 2.91. The van der Waals surface area contributed by atoms with Crippen LogP contribution in [0.15, 0.2) is 29.2 Å². The molecule has 1 rings (SSSR count). The molecule has 0 aliphatic rings. The van der Waals surface area contributed by atoms with Crippen molar-refractivity contribution in [1.29, 1.82) is 0 Å². The molecule has 0 amide bonds. The van der Waals surface area contributed by atoms with Crippen LogP contribution in [0.25, 0.3) is 0 Å². The number of benzene rings is 1. The zero-order valence-corrected chi connectivity index (χ0v) is 26.8. The molecule has 0 atom stereocenters. The first kappa shape index (κ1) is 34.6. The van der Waals surface area contributed by atoms with Gasteiger partial charge in [-0.3, -0.25) is 0 Å². The number of hydrogen-bond acceptors (Lipinski definition) is 5. The van der Waals surface area contributed by atoms with Gasteiger partial charge in [-0.25, -0.2) is 0 Å². The second kappa shape index (κ2) is 18.8. The number of hydrogen-bond donors (Lipinski definition) is 0. The third-order valence-electron chi connectivity index (χ3n) is 7.29. The first-order valence-corrected chi connectivity index (χ1v) is 20.9. The predicted molar refractivity (Wildman–Crippen MR) is 151 cm³/mol. The molecule has 0 aliphatic carbocycles. The number of rotatable bonds is 24. The van der Waals surface area contributed by atoms with Gasteiger partial charge in [-0.1, -0.05) is 26.2 Å². The molecule has 216 valence electrons. The van der Waals surface area contributed by atoms with Crippen LogP contribution in [0.3, 0.4) is 0 Å². The SMILES string of the molecule is CCCCCCCCCCCCc1ccccc1S(=O)(=O)[O][Ti](=[O])([CH2]CCC)([CH2]CCC)[O]CCCC. The molecule has 0 aliphatic heterocycles. The van der Waals surface area contributed by atoms with Crippen LogP contribution in [-0.4, -0.2) is 15.0 Å². The van der Waals surface area contributed by atoms with Gasteiger partial charge >= 0.3 is 205 Å². The van der Waals surface area contributed by atoms with Crippen molar-refractivity contribution in [2.45, 2.75) is 151 Å². The number of unbranched alkanes of at least 4 members (excludes halogenated alkanes) is 12. The standard InChI is InChI=1S/C18H30O3S.C4H9O.2C4H9.O.Ti/c1-2-3-4-5-6-7-8-9-10-11-14-17-15-12-13-16-18(17)22(19,20)21;1-2-3-4-5;2*1-3-4-2;;/h12-13,15-16H,2-11,14H2,1H3,(H,19,20,21);2-4H2,1H3;2*1,3-4H2,2H3;;/q;-1;;;;+2/p-1. The van der Waals surface area contributed by atoms with Crippen molar-refractivity contribution in [2.24, 2.45) is 0 Å². The first-order chi connectivity index (χ1) is 17.7. The molecule has 0 saturated carbocycles. The summed E-state index contributed by atoms with van der Waals surface area (Å²) in [6.07, 6.45) is 17.5. The van der Waals surface area contributed by atoms with Crippen LogP contribution in [-0.2, 0) is 42.0 Å². The monoisotopic (exact) mass is 576 g/mol. The molecule has 0 unspecified atom stereocenters. The van der Waals surface area contributed by atoms with E-state index in [4.69, 9.17) is 6.08 Å². The fraction of sp³-hybridized carbons (Fsp3) is 0.800. The minimum absolute atomic E-state index is 0.157. The molecule has 0 spiro atoms. The molecular weight excluding hydrogens is 520 g/mol. The molecule has 0 N–H and O–H groups in total. The van der Waals surface area contributed by atoms with E-state index in [0.717, 1.165) is 44.1 Å². The molecule has 0 saturated heterocycles. The summed E-state index contributed by atoms with van der Waals surface area (Å²) in [7, 11) is -4.22. The maximum atomic E-state index is 14.6. The minimum atomic E-state index is -5.48. The van der Waals surface area contributed by atoms with E-state index in [1.807, 2.05) is 32.9 Å². The fourth-order valence-corrected chi connectivity index (χ4v) is 15.2. The van der Waals surface area contributed by atoms with E-state index in [1.54, 1.807) is 12.1 Å². The molecule has 0 bridgehead atoms.